The van der Waals surface area contributed by atoms with E-state index in [-0.39, 0.29) is 22.7 Å². The van der Waals surface area contributed by atoms with Gasteiger partial charge >= 0.3 is 0 Å². The normalized spacial score (nSPS) is 10.7. The number of nitro groups is 1. The quantitative estimate of drug-likeness (QED) is 0.320. The van der Waals surface area contributed by atoms with Crippen LogP contribution < -0.4 is 14.8 Å². The molecule has 32 heavy (non-hydrogen) atoms. The lowest BCUT2D eigenvalue weighted by Crippen LogP contribution is -2.14. The summed E-state index contributed by atoms with van der Waals surface area (Å²) < 4.78 is 10.6. The highest BCUT2D eigenvalue weighted by Gasteiger charge is 2.25. The second kappa shape index (κ2) is 8.76. The Bertz CT molecular complexity index is 1280. The first-order chi connectivity index (χ1) is 15.5. The molecule has 1 heterocycles. The number of nitrogens with one attached hydrogen (secondary N) is 2. The minimum atomic E-state index is -0.637. The van der Waals surface area contributed by atoms with Crippen molar-refractivity contribution in [2.45, 2.75) is 6.92 Å². The van der Waals surface area contributed by atoms with Gasteiger partial charge in [0, 0.05) is 17.3 Å². The number of benzene rings is 3. The smallest absolute Gasteiger partial charge is 0.286 e. The van der Waals surface area contributed by atoms with E-state index in [1.54, 1.807) is 25.1 Å². The fourth-order valence-electron chi connectivity index (χ4n) is 3.34. The minimum Gasteiger partial charge on any atom is -0.493 e. The number of carbonyl (C=O) groups excluding carboxylic acids is 1. The van der Waals surface area contributed by atoms with E-state index in [1.807, 2.05) is 30.3 Å². The van der Waals surface area contributed by atoms with E-state index in [1.165, 1.54) is 19.2 Å². The van der Waals surface area contributed by atoms with Crippen molar-refractivity contribution in [3.8, 4) is 22.9 Å². The Morgan fingerprint density at radius 1 is 1.12 bits per heavy atom. The minimum absolute atomic E-state index is 0.131. The van der Waals surface area contributed by atoms with Crippen LogP contribution in [-0.2, 0) is 0 Å². The standard InChI is InChI=1S/C23H20N4O5/c1-3-32-21-12-16(19(27(29)30)13-20(21)31-2)23(28)24-15-8-6-7-14(11-15)22-25-17-9-4-5-10-18(17)26-22/h4-13H,3H2,1-2H3,(H,24,28)(H,25,26). The molecule has 0 saturated carbocycles. The Morgan fingerprint density at radius 2 is 1.94 bits per heavy atom. The second-order valence-electron chi connectivity index (χ2n) is 6.85. The van der Waals surface area contributed by atoms with Crippen molar-refractivity contribution in [1.29, 1.82) is 0 Å². The highest BCUT2D eigenvalue weighted by molar-refractivity contribution is 6.07. The van der Waals surface area contributed by atoms with Gasteiger partial charge < -0.3 is 19.8 Å². The number of para-hydroxylation sites is 2. The summed E-state index contributed by atoms with van der Waals surface area (Å²) in [4.78, 5) is 31.7. The first kappa shape index (κ1) is 20.9. The van der Waals surface area contributed by atoms with E-state index in [2.05, 4.69) is 15.3 Å². The predicted octanol–water partition coefficient (Wildman–Crippen LogP) is 4.80. The average Bonchev–Trinajstić information content (AvgIpc) is 3.23. The second-order valence-corrected chi connectivity index (χ2v) is 6.85. The molecular formula is C23H20N4O5. The maximum atomic E-state index is 12.9. The largest absolute Gasteiger partial charge is 0.493 e. The maximum absolute atomic E-state index is 12.9. The Hall–Kier alpha value is -4.40. The molecule has 1 aromatic heterocycles. The van der Waals surface area contributed by atoms with Crippen LogP contribution in [0.5, 0.6) is 11.5 Å². The number of hydrogen-bond donors (Lipinski definition) is 2. The number of anilines is 1. The number of carbonyl (C=O) groups is 1. The molecule has 0 aliphatic rings. The SMILES string of the molecule is CCOc1cc(C(=O)Nc2cccc(-c3nc4ccccc4[nH]3)c2)c([N+](=O)[O-])cc1OC. The molecule has 0 unspecified atom stereocenters. The fraction of sp³-hybridized carbons (Fsp3) is 0.130. The van der Waals surface area contributed by atoms with Crippen LogP contribution in [0.3, 0.4) is 0 Å². The molecule has 4 aromatic rings. The third-order valence-electron chi connectivity index (χ3n) is 4.81. The molecule has 4 rings (SSSR count). The molecule has 0 atom stereocenters. The summed E-state index contributed by atoms with van der Waals surface area (Å²) in [6.45, 7) is 2.08. The molecule has 0 fully saturated rings. The fourth-order valence-corrected chi connectivity index (χ4v) is 3.34. The molecule has 162 valence electrons. The van der Waals surface area contributed by atoms with Crippen LogP contribution >= 0.6 is 0 Å². The molecule has 2 N–H and O–H groups in total. The number of H-pyrrole nitrogens is 1. The number of aromatic nitrogens is 2. The summed E-state index contributed by atoms with van der Waals surface area (Å²) in [5.74, 6) is 0.446. The number of imidazole rings is 1. The van der Waals surface area contributed by atoms with E-state index >= 15 is 0 Å². The van der Waals surface area contributed by atoms with Crippen molar-refractivity contribution >= 4 is 28.3 Å². The summed E-state index contributed by atoms with van der Waals surface area (Å²) in [5, 5.41) is 14.3. The first-order valence-corrected chi connectivity index (χ1v) is 9.86. The monoisotopic (exact) mass is 432 g/mol. The molecule has 1 amide bonds. The summed E-state index contributed by atoms with van der Waals surface area (Å²) >= 11 is 0. The highest BCUT2D eigenvalue weighted by Crippen LogP contribution is 2.35. The zero-order valence-electron chi connectivity index (χ0n) is 17.4. The first-order valence-electron chi connectivity index (χ1n) is 9.86. The number of nitrogens with zero attached hydrogens (tertiary/aromatic N) is 2. The summed E-state index contributed by atoms with van der Waals surface area (Å²) in [6, 6.07) is 17.2. The van der Waals surface area contributed by atoms with Crippen molar-refractivity contribution in [2.24, 2.45) is 0 Å². The van der Waals surface area contributed by atoms with Crippen molar-refractivity contribution in [3.63, 3.8) is 0 Å². The Balaban J connectivity index is 1.66. The van der Waals surface area contributed by atoms with E-state index in [0.717, 1.165) is 16.6 Å². The molecule has 0 aliphatic heterocycles. The molecule has 0 spiro atoms. The Kier molecular flexibility index (Phi) is 5.71. The summed E-state index contributed by atoms with van der Waals surface area (Å²) in [7, 11) is 1.38. The Labute approximate surface area is 183 Å². The third-order valence-corrected chi connectivity index (χ3v) is 4.81. The third kappa shape index (κ3) is 4.08. The number of hydrogen-bond acceptors (Lipinski definition) is 6. The van der Waals surface area contributed by atoms with Crippen molar-refractivity contribution in [1.82, 2.24) is 9.97 Å². The molecule has 0 saturated heterocycles. The molecule has 0 radical (unpaired) electrons. The van der Waals surface area contributed by atoms with Crippen LogP contribution in [0.4, 0.5) is 11.4 Å². The van der Waals surface area contributed by atoms with Crippen LogP contribution in [-0.4, -0.2) is 34.5 Å². The Morgan fingerprint density at radius 3 is 2.66 bits per heavy atom. The van der Waals surface area contributed by atoms with E-state index in [9.17, 15) is 14.9 Å². The topological polar surface area (TPSA) is 119 Å². The van der Waals surface area contributed by atoms with E-state index in [4.69, 9.17) is 9.47 Å². The number of amides is 1. The lowest BCUT2D eigenvalue weighted by molar-refractivity contribution is -0.385. The summed E-state index contributed by atoms with van der Waals surface area (Å²) in [5.41, 5.74) is 2.45. The van der Waals surface area contributed by atoms with Gasteiger partial charge in [0.15, 0.2) is 11.5 Å². The van der Waals surface area contributed by atoms with Gasteiger partial charge in [-0.15, -0.1) is 0 Å². The van der Waals surface area contributed by atoms with Gasteiger partial charge in [0.1, 0.15) is 11.4 Å². The molecular weight excluding hydrogens is 412 g/mol. The van der Waals surface area contributed by atoms with Crippen molar-refractivity contribution in [2.75, 3.05) is 19.0 Å². The van der Waals surface area contributed by atoms with Crippen LogP contribution in [0.25, 0.3) is 22.4 Å². The number of ether oxygens (including phenoxy) is 2. The van der Waals surface area contributed by atoms with Crippen LogP contribution in [0.1, 0.15) is 17.3 Å². The van der Waals surface area contributed by atoms with E-state index in [0.29, 0.717) is 18.1 Å². The maximum Gasteiger partial charge on any atom is 0.286 e. The van der Waals surface area contributed by atoms with Gasteiger partial charge in [-0.3, -0.25) is 14.9 Å². The van der Waals surface area contributed by atoms with Crippen LogP contribution in [0.15, 0.2) is 60.7 Å². The zero-order chi connectivity index (χ0) is 22.7. The molecule has 9 nitrogen and oxygen atoms in total. The van der Waals surface area contributed by atoms with Crippen LogP contribution in [0, 0.1) is 10.1 Å². The number of methoxy groups -OCH3 is 1. The molecule has 0 aliphatic carbocycles. The summed E-state index contributed by atoms with van der Waals surface area (Å²) in [6.07, 6.45) is 0. The zero-order valence-corrected chi connectivity index (χ0v) is 17.4. The van der Waals surface area contributed by atoms with Gasteiger partial charge in [-0.25, -0.2) is 4.98 Å². The van der Waals surface area contributed by atoms with Gasteiger partial charge in [0.05, 0.1) is 35.7 Å². The lowest BCUT2D eigenvalue weighted by Gasteiger charge is -2.12. The van der Waals surface area contributed by atoms with E-state index < -0.39 is 10.8 Å². The van der Waals surface area contributed by atoms with Crippen molar-refractivity contribution in [3.05, 3.63) is 76.3 Å². The number of rotatable bonds is 7. The molecule has 0 bridgehead atoms. The highest BCUT2D eigenvalue weighted by atomic mass is 16.6. The van der Waals surface area contributed by atoms with Gasteiger partial charge in [-0.1, -0.05) is 24.3 Å². The van der Waals surface area contributed by atoms with Gasteiger partial charge in [-0.05, 0) is 31.2 Å². The van der Waals surface area contributed by atoms with Crippen LogP contribution in [0.2, 0.25) is 0 Å². The molecule has 9 heteroatoms. The number of nitro benzene ring substituents is 1. The van der Waals surface area contributed by atoms with Crippen molar-refractivity contribution < 1.29 is 19.2 Å². The van der Waals surface area contributed by atoms with Gasteiger partial charge in [0.2, 0.25) is 0 Å². The number of fused-ring (bicyclic) bond motifs is 1. The number of aromatic amines is 1. The van der Waals surface area contributed by atoms with Gasteiger partial charge in [-0.2, -0.15) is 0 Å². The molecule has 3 aromatic carbocycles. The lowest BCUT2D eigenvalue weighted by atomic mass is 10.1. The average molecular weight is 432 g/mol. The van der Waals surface area contributed by atoms with Gasteiger partial charge in [0.25, 0.3) is 11.6 Å². The predicted molar refractivity (Wildman–Crippen MR) is 120 cm³/mol.